The molecule has 2 heteroatoms. The maximum Gasteiger partial charge on any atom is 0.195 e. The molecule has 2 aromatic rings. The lowest BCUT2D eigenvalue weighted by molar-refractivity contribution is 0.525. The maximum atomic E-state index is 5.66. The maximum absolute atomic E-state index is 5.66. The Morgan fingerprint density at radius 3 is 2.79 bits per heavy atom. The molecule has 0 radical (unpaired) electrons. The predicted octanol–water partition coefficient (Wildman–Crippen LogP) is 3.40. The highest BCUT2D eigenvalue weighted by molar-refractivity contribution is 5.77. The molecule has 0 aliphatic heterocycles. The van der Waals surface area contributed by atoms with Crippen molar-refractivity contribution in [1.29, 1.82) is 0 Å². The summed E-state index contributed by atoms with van der Waals surface area (Å²) in [6, 6.07) is 4.19. The average molecular weight is 189 g/mol. The number of fused-ring (bicyclic) bond motifs is 1. The molecule has 1 heterocycles. The van der Waals surface area contributed by atoms with Crippen LogP contribution in [0.5, 0.6) is 0 Å². The summed E-state index contributed by atoms with van der Waals surface area (Å²) in [4.78, 5) is 4.48. The number of oxazole rings is 1. The van der Waals surface area contributed by atoms with Crippen molar-refractivity contribution < 1.29 is 4.42 Å². The van der Waals surface area contributed by atoms with E-state index in [4.69, 9.17) is 4.42 Å². The molecule has 0 aliphatic rings. The van der Waals surface area contributed by atoms with Crippen LogP contribution in [0, 0.1) is 13.8 Å². The van der Waals surface area contributed by atoms with Gasteiger partial charge in [-0.2, -0.15) is 0 Å². The van der Waals surface area contributed by atoms with Gasteiger partial charge in [-0.05, 0) is 37.5 Å². The SMILES string of the molecule is CCCc1nc2c(C)cc(C)cc2o1. The first-order valence-electron chi connectivity index (χ1n) is 5.07. The van der Waals surface area contributed by atoms with Crippen LogP contribution in [-0.2, 0) is 6.42 Å². The van der Waals surface area contributed by atoms with E-state index >= 15 is 0 Å². The highest BCUT2D eigenvalue weighted by Crippen LogP contribution is 2.21. The van der Waals surface area contributed by atoms with E-state index in [1.807, 2.05) is 0 Å². The van der Waals surface area contributed by atoms with E-state index in [1.54, 1.807) is 0 Å². The standard InChI is InChI=1S/C12H15NO/c1-4-5-11-13-12-9(3)6-8(2)7-10(12)14-11/h6-7H,4-5H2,1-3H3. The number of aromatic nitrogens is 1. The van der Waals surface area contributed by atoms with E-state index in [9.17, 15) is 0 Å². The van der Waals surface area contributed by atoms with Gasteiger partial charge in [0.25, 0.3) is 0 Å². The molecule has 0 bridgehead atoms. The number of aryl methyl sites for hydroxylation is 3. The molecule has 0 atom stereocenters. The molecular weight excluding hydrogens is 174 g/mol. The summed E-state index contributed by atoms with van der Waals surface area (Å²) in [5, 5.41) is 0. The van der Waals surface area contributed by atoms with Gasteiger partial charge in [-0.1, -0.05) is 13.0 Å². The third-order valence-corrected chi connectivity index (χ3v) is 2.34. The van der Waals surface area contributed by atoms with Gasteiger partial charge in [-0.25, -0.2) is 4.98 Å². The highest BCUT2D eigenvalue weighted by atomic mass is 16.3. The minimum atomic E-state index is 0.858. The monoisotopic (exact) mass is 189 g/mol. The van der Waals surface area contributed by atoms with Crippen LogP contribution in [0.15, 0.2) is 16.5 Å². The average Bonchev–Trinajstić information content (AvgIpc) is 2.48. The smallest absolute Gasteiger partial charge is 0.195 e. The third-order valence-electron chi connectivity index (χ3n) is 2.34. The first kappa shape index (κ1) is 9.25. The molecular formula is C12H15NO. The van der Waals surface area contributed by atoms with E-state index in [1.165, 1.54) is 11.1 Å². The largest absolute Gasteiger partial charge is 0.441 e. The Labute approximate surface area is 84.0 Å². The van der Waals surface area contributed by atoms with Crippen LogP contribution in [0.4, 0.5) is 0 Å². The number of nitrogens with zero attached hydrogens (tertiary/aromatic N) is 1. The topological polar surface area (TPSA) is 26.0 Å². The zero-order valence-corrected chi connectivity index (χ0v) is 8.92. The number of hydrogen-bond donors (Lipinski definition) is 0. The zero-order valence-electron chi connectivity index (χ0n) is 8.92. The van der Waals surface area contributed by atoms with E-state index in [2.05, 4.69) is 37.9 Å². The minimum Gasteiger partial charge on any atom is -0.441 e. The Bertz CT molecular complexity index is 457. The van der Waals surface area contributed by atoms with Crippen LogP contribution in [0.3, 0.4) is 0 Å². The fraction of sp³-hybridized carbons (Fsp3) is 0.417. The lowest BCUT2D eigenvalue weighted by Gasteiger charge is -1.94. The third kappa shape index (κ3) is 1.52. The van der Waals surface area contributed by atoms with Crippen molar-refractivity contribution in [2.45, 2.75) is 33.6 Å². The van der Waals surface area contributed by atoms with E-state index in [0.29, 0.717) is 0 Å². The van der Waals surface area contributed by atoms with Crippen molar-refractivity contribution in [3.05, 3.63) is 29.2 Å². The fourth-order valence-corrected chi connectivity index (χ4v) is 1.74. The van der Waals surface area contributed by atoms with Crippen molar-refractivity contribution in [3.8, 4) is 0 Å². The summed E-state index contributed by atoms with van der Waals surface area (Å²) in [7, 11) is 0. The molecule has 0 saturated heterocycles. The van der Waals surface area contributed by atoms with Crippen molar-refractivity contribution in [1.82, 2.24) is 4.98 Å². The Kier molecular flexibility index (Phi) is 2.28. The fourth-order valence-electron chi connectivity index (χ4n) is 1.74. The van der Waals surface area contributed by atoms with Gasteiger partial charge >= 0.3 is 0 Å². The van der Waals surface area contributed by atoms with Gasteiger partial charge in [0, 0.05) is 6.42 Å². The van der Waals surface area contributed by atoms with Gasteiger partial charge < -0.3 is 4.42 Å². The summed E-state index contributed by atoms with van der Waals surface area (Å²) in [5.41, 5.74) is 4.37. The predicted molar refractivity (Wildman–Crippen MR) is 57.5 cm³/mol. The second-order valence-corrected chi connectivity index (χ2v) is 3.79. The van der Waals surface area contributed by atoms with E-state index < -0.39 is 0 Å². The minimum absolute atomic E-state index is 0.858. The molecule has 0 fully saturated rings. The number of benzene rings is 1. The Hall–Kier alpha value is -1.31. The second kappa shape index (κ2) is 3.45. The van der Waals surface area contributed by atoms with Gasteiger partial charge in [0.05, 0.1) is 0 Å². The van der Waals surface area contributed by atoms with Crippen molar-refractivity contribution in [2.24, 2.45) is 0 Å². The molecule has 0 aliphatic carbocycles. The quantitative estimate of drug-likeness (QED) is 0.723. The Morgan fingerprint density at radius 2 is 2.07 bits per heavy atom. The first-order valence-corrected chi connectivity index (χ1v) is 5.07. The molecule has 0 spiro atoms. The van der Waals surface area contributed by atoms with Crippen molar-refractivity contribution in [2.75, 3.05) is 0 Å². The highest BCUT2D eigenvalue weighted by Gasteiger charge is 2.07. The van der Waals surface area contributed by atoms with E-state index in [0.717, 1.165) is 29.8 Å². The van der Waals surface area contributed by atoms with Gasteiger partial charge in [0.1, 0.15) is 5.52 Å². The Morgan fingerprint density at radius 1 is 1.29 bits per heavy atom. The lowest BCUT2D eigenvalue weighted by atomic mass is 10.1. The molecule has 2 nitrogen and oxygen atoms in total. The Balaban J connectivity index is 2.58. The van der Waals surface area contributed by atoms with Gasteiger partial charge in [0.2, 0.25) is 0 Å². The van der Waals surface area contributed by atoms with Gasteiger partial charge in [-0.15, -0.1) is 0 Å². The summed E-state index contributed by atoms with van der Waals surface area (Å²) >= 11 is 0. The molecule has 0 unspecified atom stereocenters. The van der Waals surface area contributed by atoms with Crippen LogP contribution in [-0.4, -0.2) is 4.98 Å². The van der Waals surface area contributed by atoms with Crippen LogP contribution in [0.1, 0.15) is 30.4 Å². The first-order chi connectivity index (χ1) is 6.70. The molecule has 2 rings (SSSR count). The molecule has 1 aromatic carbocycles. The zero-order chi connectivity index (χ0) is 10.1. The molecule has 14 heavy (non-hydrogen) atoms. The van der Waals surface area contributed by atoms with Crippen LogP contribution in [0.25, 0.3) is 11.1 Å². The summed E-state index contributed by atoms with van der Waals surface area (Å²) < 4.78 is 5.66. The van der Waals surface area contributed by atoms with Gasteiger partial charge in [0.15, 0.2) is 11.5 Å². The number of rotatable bonds is 2. The van der Waals surface area contributed by atoms with Crippen molar-refractivity contribution >= 4 is 11.1 Å². The van der Waals surface area contributed by atoms with Gasteiger partial charge in [-0.3, -0.25) is 0 Å². The summed E-state index contributed by atoms with van der Waals surface area (Å²) in [6.45, 7) is 6.29. The second-order valence-electron chi connectivity index (χ2n) is 3.79. The molecule has 0 amide bonds. The summed E-state index contributed by atoms with van der Waals surface area (Å²) in [5.74, 6) is 0.858. The van der Waals surface area contributed by atoms with Crippen LogP contribution < -0.4 is 0 Å². The normalized spacial score (nSPS) is 11.1. The van der Waals surface area contributed by atoms with E-state index in [-0.39, 0.29) is 0 Å². The molecule has 0 saturated carbocycles. The molecule has 1 aromatic heterocycles. The number of hydrogen-bond acceptors (Lipinski definition) is 2. The lowest BCUT2D eigenvalue weighted by Crippen LogP contribution is -1.82. The van der Waals surface area contributed by atoms with Crippen LogP contribution in [0.2, 0.25) is 0 Å². The summed E-state index contributed by atoms with van der Waals surface area (Å²) in [6.07, 6.45) is 2.00. The van der Waals surface area contributed by atoms with Crippen molar-refractivity contribution in [3.63, 3.8) is 0 Å². The van der Waals surface area contributed by atoms with Crippen LogP contribution >= 0.6 is 0 Å². The molecule has 74 valence electrons. The molecule has 0 N–H and O–H groups in total.